The lowest BCUT2D eigenvalue weighted by atomic mass is 10.1. The molecule has 5 heteroatoms. The first kappa shape index (κ1) is 17.6. The van der Waals surface area contributed by atoms with E-state index in [9.17, 15) is 0 Å². The third-order valence-electron chi connectivity index (χ3n) is 2.36. The van der Waals surface area contributed by atoms with Crippen LogP contribution in [0.5, 0.6) is 11.5 Å². The molecule has 0 aliphatic heterocycles. The van der Waals surface area contributed by atoms with E-state index in [2.05, 4.69) is 42.0 Å². The summed E-state index contributed by atoms with van der Waals surface area (Å²) in [6.45, 7) is 7.20. The van der Waals surface area contributed by atoms with Gasteiger partial charge in [0.05, 0.1) is 14.2 Å². The first-order valence-electron chi connectivity index (χ1n) is 5.53. The van der Waals surface area contributed by atoms with Crippen molar-refractivity contribution in [1.29, 1.82) is 0 Å². The Morgan fingerprint density at radius 3 is 2.06 bits per heavy atom. The van der Waals surface area contributed by atoms with Gasteiger partial charge in [-0.1, -0.05) is 15.9 Å². The van der Waals surface area contributed by atoms with E-state index < -0.39 is 0 Å². The second-order valence-electron chi connectivity index (χ2n) is 4.90. The second kappa shape index (κ2) is 7.22. The number of ether oxygens (including phenoxy) is 2. The lowest BCUT2D eigenvalue weighted by molar-refractivity contribution is 0.353. The Balaban J connectivity index is 0.00000289. The molecule has 0 aliphatic carbocycles. The minimum absolute atomic E-state index is 0. The van der Waals surface area contributed by atoms with Crippen LogP contribution < -0.4 is 14.8 Å². The lowest BCUT2D eigenvalue weighted by Gasteiger charge is -2.21. The number of methoxy groups -OCH3 is 2. The highest BCUT2D eigenvalue weighted by Crippen LogP contribution is 2.33. The fraction of sp³-hybridized carbons (Fsp3) is 0.538. The molecule has 0 bridgehead atoms. The summed E-state index contributed by atoms with van der Waals surface area (Å²) in [7, 11) is 3.28. The zero-order chi connectivity index (χ0) is 13.1. The highest BCUT2D eigenvalue weighted by atomic mass is 79.9. The molecule has 1 rings (SSSR count). The summed E-state index contributed by atoms with van der Waals surface area (Å²) in [5, 5.41) is 3.44. The number of rotatable bonds is 4. The van der Waals surface area contributed by atoms with Crippen molar-refractivity contribution in [3.05, 3.63) is 22.2 Å². The normalized spacial score (nSPS) is 10.8. The predicted molar refractivity (Wildman–Crippen MR) is 81.1 cm³/mol. The van der Waals surface area contributed by atoms with Crippen LogP contribution in [0.3, 0.4) is 0 Å². The van der Waals surface area contributed by atoms with Gasteiger partial charge in [-0.15, -0.1) is 12.4 Å². The zero-order valence-corrected chi connectivity index (χ0v) is 13.9. The van der Waals surface area contributed by atoms with Gasteiger partial charge in [0.15, 0.2) is 11.5 Å². The molecule has 0 unspecified atom stereocenters. The smallest absolute Gasteiger partial charge is 0.161 e. The fourth-order valence-electron chi connectivity index (χ4n) is 1.39. The predicted octanol–water partition coefficient (Wildman–Crippen LogP) is 3.78. The molecule has 0 amide bonds. The standard InChI is InChI=1S/C13H20BrNO2.ClH/c1-13(2,3)15-8-9-6-11(16-4)12(17-5)7-10(9)14;/h6-7,15H,8H2,1-5H3;1H. The van der Waals surface area contributed by atoms with Crippen molar-refractivity contribution in [1.82, 2.24) is 5.32 Å². The van der Waals surface area contributed by atoms with Gasteiger partial charge in [0.1, 0.15) is 0 Å². The average molecular weight is 339 g/mol. The van der Waals surface area contributed by atoms with Crippen molar-refractivity contribution in [3.8, 4) is 11.5 Å². The number of hydrogen-bond donors (Lipinski definition) is 1. The fourth-order valence-corrected chi connectivity index (χ4v) is 1.85. The van der Waals surface area contributed by atoms with Crippen molar-refractivity contribution >= 4 is 28.3 Å². The molecule has 0 aliphatic rings. The van der Waals surface area contributed by atoms with Gasteiger partial charge in [0, 0.05) is 16.6 Å². The van der Waals surface area contributed by atoms with Crippen molar-refractivity contribution in [2.24, 2.45) is 0 Å². The molecule has 0 saturated heterocycles. The molecular formula is C13H21BrClNO2. The summed E-state index contributed by atoms with van der Waals surface area (Å²) < 4.78 is 11.6. The minimum Gasteiger partial charge on any atom is -0.493 e. The van der Waals surface area contributed by atoms with Crippen LogP contribution in [0, 0.1) is 0 Å². The van der Waals surface area contributed by atoms with E-state index >= 15 is 0 Å². The molecule has 3 nitrogen and oxygen atoms in total. The summed E-state index contributed by atoms with van der Waals surface area (Å²) in [4.78, 5) is 0. The van der Waals surface area contributed by atoms with Crippen LogP contribution in [0.15, 0.2) is 16.6 Å². The molecule has 18 heavy (non-hydrogen) atoms. The van der Waals surface area contributed by atoms with Gasteiger partial charge in [-0.3, -0.25) is 0 Å². The lowest BCUT2D eigenvalue weighted by Crippen LogP contribution is -2.35. The highest BCUT2D eigenvalue weighted by Gasteiger charge is 2.13. The van der Waals surface area contributed by atoms with Gasteiger partial charge in [0.2, 0.25) is 0 Å². The van der Waals surface area contributed by atoms with Crippen LogP contribution in [0.1, 0.15) is 26.3 Å². The maximum atomic E-state index is 5.29. The van der Waals surface area contributed by atoms with Crippen LogP contribution in [0.4, 0.5) is 0 Å². The monoisotopic (exact) mass is 337 g/mol. The van der Waals surface area contributed by atoms with Crippen LogP contribution >= 0.6 is 28.3 Å². The van der Waals surface area contributed by atoms with E-state index in [0.29, 0.717) is 0 Å². The Bertz CT molecular complexity index is 391. The maximum Gasteiger partial charge on any atom is 0.161 e. The van der Waals surface area contributed by atoms with E-state index in [0.717, 1.165) is 28.1 Å². The average Bonchev–Trinajstić information content (AvgIpc) is 2.25. The molecule has 0 atom stereocenters. The highest BCUT2D eigenvalue weighted by molar-refractivity contribution is 9.10. The quantitative estimate of drug-likeness (QED) is 0.906. The van der Waals surface area contributed by atoms with Crippen molar-refractivity contribution in [2.45, 2.75) is 32.9 Å². The molecule has 1 aromatic carbocycles. The van der Waals surface area contributed by atoms with Crippen LogP contribution in [-0.4, -0.2) is 19.8 Å². The van der Waals surface area contributed by atoms with Gasteiger partial charge < -0.3 is 14.8 Å². The summed E-state index contributed by atoms with van der Waals surface area (Å²) in [5.74, 6) is 1.49. The minimum atomic E-state index is 0. The molecule has 0 radical (unpaired) electrons. The number of nitrogens with one attached hydrogen (secondary N) is 1. The van der Waals surface area contributed by atoms with E-state index in [1.165, 1.54) is 0 Å². The number of halogens is 2. The molecule has 0 saturated carbocycles. The zero-order valence-electron chi connectivity index (χ0n) is 11.5. The largest absolute Gasteiger partial charge is 0.493 e. The van der Waals surface area contributed by atoms with Crippen molar-refractivity contribution in [2.75, 3.05) is 14.2 Å². The topological polar surface area (TPSA) is 30.5 Å². The summed E-state index contributed by atoms with van der Waals surface area (Å²) in [6.07, 6.45) is 0. The Morgan fingerprint density at radius 1 is 1.11 bits per heavy atom. The molecule has 0 spiro atoms. The van der Waals surface area contributed by atoms with Gasteiger partial charge >= 0.3 is 0 Å². The molecule has 1 N–H and O–H groups in total. The van der Waals surface area contributed by atoms with Crippen molar-refractivity contribution < 1.29 is 9.47 Å². The molecule has 0 aromatic heterocycles. The molecule has 0 fully saturated rings. The Labute approximate surface area is 124 Å². The van der Waals surface area contributed by atoms with Gasteiger partial charge in [-0.25, -0.2) is 0 Å². The van der Waals surface area contributed by atoms with E-state index in [-0.39, 0.29) is 17.9 Å². The van der Waals surface area contributed by atoms with Crippen LogP contribution in [0.2, 0.25) is 0 Å². The van der Waals surface area contributed by atoms with Crippen LogP contribution in [-0.2, 0) is 6.54 Å². The van der Waals surface area contributed by atoms with Crippen molar-refractivity contribution in [3.63, 3.8) is 0 Å². The van der Waals surface area contributed by atoms with Crippen LogP contribution in [0.25, 0.3) is 0 Å². The van der Waals surface area contributed by atoms with Gasteiger partial charge in [0.25, 0.3) is 0 Å². The summed E-state index contributed by atoms with van der Waals surface area (Å²) in [6, 6.07) is 3.92. The molecule has 104 valence electrons. The Morgan fingerprint density at radius 2 is 1.61 bits per heavy atom. The van der Waals surface area contributed by atoms with Gasteiger partial charge in [-0.05, 0) is 38.5 Å². The summed E-state index contributed by atoms with van der Waals surface area (Å²) in [5.41, 5.74) is 1.24. The Hall–Kier alpha value is -0.450. The molecule has 0 heterocycles. The first-order chi connectivity index (χ1) is 7.87. The third-order valence-corrected chi connectivity index (χ3v) is 3.10. The maximum absolute atomic E-state index is 5.29. The Kier molecular flexibility index (Phi) is 7.04. The first-order valence-corrected chi connectivity index (χ1v) is 6.32. The van der Waals surface area contributed by atoms with E-state index in [4.69, 9.17) is 9.47 Å². The molecular weight excluding hydrogens is 318 g/mol. The SMILES string of the molecule is COc1cc(Br)c(CNC(C)(C)C)cc1OC.Cl. The number of benzene rings is 1. The van der Waals surface area contributed by atoms with E-state index in [1.807, 2.05) is 12.1 Å². The number of hydrogen-bond acceptors (Lipinski definition) is 3. The second-order valence-corrected chi connectivity index (χ2v) is 5.76. The molecule has 1 aromatic rings. The third kappa shape index (κ3) is 5.04. The van der Waals surface area contributed by atoms with Gasteiger partial charge in [-0.2, -0.15) is 0 Å². The summed E-state index contributed by atoms with van der Waals surface area (Å²) >= 11 is 3.54. The van der Waals surface area contributed by atoms with E-state index in [1.54, 1.807) is 14.2 Å².